The number of morpholine rings is 1. The van der Waals surface area contributed by atoms with E-state index < -0.39 is 6.10 Å². The molecule has 3 N–H and O–H groups in total. The van der Waals surface area contributed by atoms with Crippen LogP contribution in [0.3, 0.4) is 0 Å². The maximum atomic E-state index is 12.3. The largest absolute Gasteiger partial charge is 0.497 e. The van der Waals surface area contributed by atoms with E-state index in [0.717, 1.165) is 38.4 Å². The van der Waals surface area contributed by atoms with Crippen molar-refractivity contribution in [1.82, 2.24) is 15.5 Å². The summed E-state index contributed by atoms with van der Waals surface area (Å²) in [6.07, 6.45) is -0.926. The average Bonchev–Trinajstić information content (AvgIpc) is 2.82. The highest BCUT2D eigenvalue weighted by Crippen LogP contribution is 2.29. The number of amides is 2. The first-order chi connectivity index (χ1) is 15.1. The van der Waals surface area contributed by atoms with Crippen LogP contribution in [0.5, 0.6) is 11.5 Å². The molecule has 1 unspecified atom stereocenters. The van der Waals surface area contributed by atoms with E-state index in [1.165, 1.54) is 12.7 Å². The van der Waals surface area contributed by atoms with Crippen molar-refractivity contribution in [2.45, 2.75) is 19.2 Å². The van der Waals surface area contributed by atoms with Gasteiger partial charge in [0.05, 0.1) is 27.4 Å². The quantitative estimate of drug-likeness (QED) is 0.565. The van der Waals surface area contributed by atoms with Gasteiger partial charge in [-0.05, 0) is 29.3 Å². The third-order valence-electron chi connectivity index (χ3n) is 5.31. The first-order valence-electron chi connectivity index (χ1n) is 10.4. The van der Waals surface area contributed by atoms with Crippen molar-refractivity contribution in [2.24, 2.45) is 0 Å². The summed E-state index contributed by atoms with van der Waals surface area (Å²) in [5, 5.41) is 16.1. The number of rotatable bonds is 9. The molecule has 2 aromatic rings. The second-order valence-electron chi connectivity index (χ2n) is 7.34. The molecule has 2 amide bonds. The van der Waals surface area contributed by atoms with Gasteiger partial charge in [0.1, 0.15) is 17.6 Å². The van der Waals surface area contributed by atoms with Crippen molar-refractivity contribution in [2.75, 3.05) is 47.1 Å². The number of carbonyl (C=O) groups is 1. The van der Waals surface area contributed by atoms with Gasteiger partial charge in [-0.15, -0.1) is 0 Å². The number of ether oxygens (including phenoxy) is 3. The third-order valence-corrected chi connectivity index (χ3v) is 5.31. The van der Waals surface area contributed by atoms with Crippen LogP contribution < -0.4 is 20.1 Å². The number of urea groups is 1. The van der Waals surface area contributed by atoms with Gasteiger partial charge >= 0.3 is 6.03 Å². The van der Waals surface area contributed by atoms with Gasteiger partial charge in [0.25, 0.3) is 0 Å². The average molecular weight is 430 g/mol. The van der Waals surface area contributed by atoms with Crippen LogP contribution in [0.1, 0.15) is 22.8 Å². The lowest BCUT2D eigenvalue weighted by molar-refractivity contribution is 0.0341. The minimum atomic E-state index is -0.926. The minimum absolute atomic E-state index is 0.0464. The predicted octanol–water partition coefficient (Wildman–Crippen LogP) is 2.07. The third kappa shape index (κ3) is 6.58. The second-order valence-corrected chi connectivity index (χ2v) is 7.34. The van der Waals surface area contributed by atoms with Crippen LogP contribution in [0.25, 0.3) is 0 Å². The number of hydrogen-bond donors (Lipinski definition) is 3. The SMILES string of the molecule is COc1ccc(OC)c(C(O)CNC(=O)NCc2ccccc2CN2CCOCC2)c1. The lowest BCUT2D eigenvalue weighted by Gasteiger charge is -2.27. The Morgan fingerprint density at radius 3 is 2.55 bits per heavy atom. The molecule has 1 atom stereocenters. The number of nitrogens with zero attached hydrogens (tertiary/aromatic N) is 1. The zero-order valence-corrected chi connectivity index (χ0v) is 18.1. The predicted molar refractivity (Wildman–Crippen MR) is 117 cm³/mol. The maximum Gasteiger partial charge on any atom is 0.315 e. The highest BCUT2D eigenvalue weighted by Gasteiger charge is 2.16. The van der Waals surface area contributed by atoms with Gasteiger partial charge in [0.15, 0.2) is 0 Å². The molecule has 8 heteroatoms. The Labute approximate surface area is 183 Å². The molecule has 0 radical (unpaired) electrons. The van der Waals surface area contributed by atoms with Crippen molar-refractivity contribution in [1.29, 1.82) is 0 Å². The number of aliphatic hydroxyl groups excluding tert-OH is 1. The van der Waals surface area contributed by atoms with Crippen LogP contribution in [0, 0.1) is 0 Å². The number of nitrogens with one attached hydrogen (secondary N) is 2. The van der Waals surface area contributed by atoms with Crippen molar-refractivity contribution in [3.05, 3.63) is 59.2 Å². The number of benzene rings is 2. The highest BCUT2D eigenvalue weighted by molar-refractivity contribution is 5.73. The van der Waals surface area contributed by atoms with Gasteiger partial charge in [-0.25, -0.2) is 4.79 Å². The summed E-state index contributed by atoms with van der Waals surface area (Å²) in [7, 11) is 3.09. The van der Waals surface area contributed by atoms with Crippen LogP contribution in [-0.2, 0) is 17.8 Å². The topological polar surface area (TPSA) is 92.3 Å². The summed E-state index contributed by atoms with van der Waals surface area (Å²) in [4.78, 5) is 14.7. The minimum Gasteiger partial charge on any atom is -0.497 e. The fourth-order valence-electron chi connectivity index (χ4n) is 3.52. The van der Waals surface area contributed by atoms with Crippen LogP contribution in [0.15, 0.2) is 42.5 Å². The van der Waals surface area contributed by atoms with Crippen molar-refractivity contribution in [3.8, 4) is 11.5 Å². The first-order valence-corrected chi connectivity index (χ1v) is 10.4. The number of carbonyl (C=O) groups excluding carboxylic acids is 1. The molecule has 0 saturated carbocycles. The smallest absolute Gasteiger partial charge is 0.315 e. The molecule has 0 aromatic heterocycles. The number of aliphatic hydroxyl groups is 1. The Bertz CT molecular complexity index is 855. The standard InChI is InChI=1S/C23H31N3O5/c1-29-19-7-8-22(30-2)20(13-19)21(27)15-25-23(28)24-14-17-5-3-4-6-18(17)16-26-9-11-31-12-10-26/h3-8,13,21,27H,9-12,14-16H2,1-2H3,(H2,24,25,28). The van der Waals surface area contributed by atoms with Gasteiger partial charge in [-0.1, -0.05) is 24.3 Å². The molecular formula is C23H31N3O5. The van der Waals surface area contributed by atoms with Gasteiger partial charge in [0, 0.05) is 38.3 Å². The van der Waals surface area contributed by atoms with Gasteiger partial charge < -0.3 is 30.0 Å². The molecule has 168 valence electrons. The Morgan fingerprint density at radius 2 is 1.84 bits per heavy atom. The Hall–Kier alpha value is -2.81. The zero-order chi connectivity index (χ0) is 22.1. The molecule has 1 heterocycles. The monoisotopic (exact) mass is 429 g/mol. The molecule has 3 rings (SSSR count). The van der Waals surface area contributed by atoms with E-state index >= 15 is 0 Å². The van der Waals surface area contributed by atoms with Gasteiger partial charge in [-0.2, -0.15) is 0 Å². The summed E-state index contributed by atoms with van der Waals surface area (Å²) < 4.78 is 15.9. The molecule has 0 bridgehead atoms. The fourth-order valence-corrected chi connectivity index (χ4v) is 3.52. The Kier molecular flexibility index (Phi) is 8.52. The summed E-state index contributed by atoms with van der Waals surface area (Å²) in [5.41, 5.74) is 2.81. The summed E-state index contributed by atoms with van der Waals surface area (Å²) >= 11 is 0. The van der Waals surface area contributed by atoms with Crippen molar-refractivity contribution >= 4 is 6.03 Å². The lowest BCUT2D eigenvalue weighted by atomic mass is 10.1. The normalized spacial score (nSPS) is 15.2. The van der Waals surface area contributed by atoms with E-state index in [0.29, 0.717) is 23.6 Å². The maximum absolute atomic E-state index is 12.3. The Morgan fingerprint density at radius 1 is 1.10 bits per heavy atom. The molecule has 31 heavy (non-hydrogen) atoms. The fraction of sp³-hybridized carbons (Fsp3) is 0.435. The second kappa shape index (κ2) is 11.5. The first kappa shape index (κ1) is 22.9. The van der Waals surface area contributed by atoms with Crippen molar-refractivity contribution in [3.63, 3.8) is 0 Å². The van der Waals surface area contributed by atoms with Gasteiger partial charge in [-0.3, -0.25) is 4.90 Å². The van der Waals surface area contributed by atoms with Crippen molar-refractivity contribution < 1.29 is 24.1 Å². The summed E-state index contributed by atoms with van der Waals surface area (Å²) in [6, 6.07) is 12.9. The van der Waals surface area contributed by atoms with E-state index in [-0.39, 0.29) is 12.6 Å². The van der Waals surface area contributed by atoms with Crippen LogP contribution in [0.2, 0.25) is 0 Å². The van der Waals surface area contributed by atoms with Gasteiger partial charge in [0.2, 0.25) is 0 Å². The summed E-state index contributed by atoms with van der Waals surface area (Å²) in [5.74, 6) is 1.14. The van der Waals surface area contributed by atoms with E-state index in [1.54, 1.807) is 25.3 Å². The number of methoxy groups -OCH3 is 2. The molecule has 1 fully saturated rings. The zero-order valence-electron chi connectivity index (χ0n) is 18.1. The van der Waals surface area contributed by atoms with Crippen LogP contribution in [0.4, 0.5) is 4.79 Å². The molecule has 1 aliphatic rings. The molecular weight excluding hydrogens is 398 g/mol. The molecule has 0 aliphatic carbocycles. The Balaban J connectivity index is 1.52. The molecule has 2 aromatic carbocycles. The van der Waals surface area contributed by atoms with E-state index in [9.17, 15) is 9.90 Å². The lowest BCUT2D eigenvalue weighted by Crippen LogP contribution is -2.38. The van der Waals surface area contributed by atoms with Crippen LogP contribution in [-0.4, -0.2) is 63.1 Å². The molecule has 1 aliphatic heterocycles. The molecule has 1 saturated heterocycles. The van der Waals surface area contributed by atoms with E-state index in [2.05, 4.69) is 21.6 Å². The summed E-state index contributed by atoms with van der Waals surface area (Å²) in [6.45, 7) is 4.61. The highest BCUT2D eigenvalue weighted by atomic mass is 16.5. The number of hydrogen-bond acceptors (Lipinski definition) is 6. The molecule has 0 spiro atoms. The van der Waals surface area contributed by atoms with Crippen LogP contribution >= 0.6 is 0 Å². The van der Waals surface area contributed by atoms with E-state index in [4.69, 9.17) is 14.2 Å². The van der Waals surface area contributed by atoms with E-state index in [1.807, 2.05) is 18.2 Å². The molecule has 8 nitrogen and oxygen atoms in total.